The van der Waals surface area contributed by atoms with Gasteiger partial charge in [0.1, 0.15) is 13.2 Å². The average Bonchev–Trinajstić information content (AvgIpc) is 3.47. The molecule has 0 amide bonds. The maximum atomic E-state index is 12.9. The molecule has 0 fully saturated rings. The van der Waals surface area contributed by atoms with E-state index in [-0.39, 0.29) is 31.1 Å². The van der Waals surface area contributed by atoms with Gasteiger partial charge in [-0.1, -0.05) is 353 Å². The zero-order valence-electron chi connectivity index (χ0n) is 55.5. The minimum absolute atomic E-state index is 0.0681. The zero-order valence-corrected chi connectivity index (χ0v) is 55.5. The highest BCUT2D eigenvalue weighted by Crippen LogP contribution is 2.19. The molecule has 1 atom stereocenters. The van der Waals surface area contributed by atoms with Gasteiger partial charge in [0.15, 0.2) is 6.10 Å². The SMILES string of the molecule is CCCCC/C=C\CCCCCCCC(=O)OCC(COC(=O)CCCCCCCCCCCCCCCCCCCCCCC/C=C\C/C=C\CCCCCCC)OC(=O)CCCCCCCCCCCCCCCCCCCCC. The van der Waals surface area contributed by atoms with E-state index in [4.69, 9.17) is 14.2 Å². The third-order valence-corrected chi connectivity index (χ3v) is 16.9. The number of carbonyl (C=O) groups excluding carboxylic acids is 3. The summed E-state index contributed by atoms with van der Waals surface area (Å²) < 4.78 is 17.0. The van der Waals surface area contributed by atoms with Crippen molar-refractivity contribution in [1.82, 2.24) is 0 Å². The van der Waals surface area contributed by atoms with Crippen molar-refractivity contribution in [3.63, 3.8) is 0 Å². The number of hydrogen-bond acceptors (Lipinski definition) is 6. The van der Waals surface area contributed by atoms with Crippen LogP contribution in [-0.2, 0) is 28.6 Å². The summed E-state index contributed by atoms with van der Waals surface area (Å²) in [4.78, 5) is 38.4. The Hall–Kier alpha value is -2.37. The first-order chi connectivity index (χ1) is 40.5. The van der Waals surface area contributed by atoms with Crippen LogP contribution in [-0.4, -0.2) is 37.2 Å². The van der Waals surface area contributed by atoms with Crippen LogP contribution in [0.4, 0.5) is 0 Å². The standard InChI is InChI=1S/C76H142O6/c1-4-7-10-13-16-19-22-25-27-29-31-32-33-34-35-36-37-38-39-40-41-42-43-44-46-47-49-51-54-57-60-63-66-69-75(78)81-72-73(71-80-74(77)68-65-62-59-56-53-24-21-18-15-12-9-6-3)82-76(79)70-67-64-61-58-55-52-50-48-45-30-28-26-23-20-17-14-11-8-5-2/h18,21-22,25,29,31,73H,4-17,19-20,23-24,26-28,30,32-72H2,1-3H3/b21-18-,25-22-,31-29-. The van der Waals surface area contributed by atoms with Crippen molar-refractivity contribution < 1.29 is 28.6 Å². The molecule has 82 heavy (non-hydrogen) atoms. The third kappa shape index (κ3) is 68.4. The molecule has 0 spiro atoms. The maximum absolute atomic E-state index is 12.9. The lowest BCUT2D eigenvalue weighted by molar-refractivity contribution is -0.167. The molecule has 6 nitrogen and oxygen atoms in total. The summed E-state index contributed by atoms with van der Waals surface area (Å²) in [6, 6.07) is 0. The quantitative estimate of drug-likeness (QED) is 0.0261. The van der Waals surface area contributed by atoms with Crippen molar-refractivity contribution in [2.45, 2.75) is 419 Å². The van der Waals surface area contributed by atoms with Crippen LogP contribution in [0.25, 0.3) is 0 Å². The number of rotatable bonds is 69. The molecule has 0 saturated carbocycles. The molecule has 0 N–H and O–H groups in total. The van der Waals surface area contributed by atoms with Crippen LogP contribution >= 0.6 is 0 Å². The number of esters is 3. The van der Waals surface area contributed by atoms with Crippen LogP contribution < -0.4 is 0 Å². The molecule has 0 saturated heterocycles. The van der Waals surface area contributed by atoms with Crippen molar-refractivity contribution in [3.8, 4) is 0 Å². The second kappa shape index (κ2) is 71.1. The van der Waals surface area contributed by atoms with Crippen molar-refractivity contribution in [1.29, 1.82) is 0 Å². The molecule has 0 rings (SSSR count). The Bertz CT molecular complexity index is 1370. The van der Waals surface area contributed by atoms with E-state index in [1.165, 1.54) is 302 Å². The van der Waals surface area contributed by atoms with Gasteiger partial charge in [0.05, 0.1) is 0 Å². The van der Waals surface area contributed by atoms with Crippen molar-refractivity contribution >= 4 is 17.9 Å². The molecular weight excluding hydrogens is 1010 g/mol. The van der Waals surface area contributed by atoms with Crippen LogP contribution in [0.5, 0.6) is 0 Å². The topological polar surface area (TPSA) is 78.9 Å². The maximum Gasteiger partial charge on any atom is 0.306 e. The Balaban J connectivity index is 4.09. The van der Waals surface area contributed by atoms with Crippen molar-refractivity contribution in [2.24, 2.45) is 0 Å². The largest absolute Gasteiger partial charge is 0.462 e. The van der Waals surface area contributed by atoms with Gasteiger partial charge >= 0.3 is 17.9 Å². The lowest BCUT2D eigenvalue weighted by Gasteiger charge is -2.18. The molecule has 0 aliphatic carbocycles. The van der Waals surface area contributed by atoms with Gasteiger partial charge in [-0.15, -0.1) is 0 Å². The van der Waals surface area contributed by atoms with Crippen LogP contribution in [0.15, 0.2) is 36.5 Å². The number of hydrogen-bond donors (Lipinski definition) is 0. The van der Waals surface area contributed by atoms with E-state index in [2.05, 4.69) is 57.2 Å². The van der Waals surface area contributed by atoms with Gasteiger partial charge in [-0.2, -0.15) is 0 Å². The van der Waals surface area contributed by atoms with Crippen LogP contribution in [0.1, 0.15) is 412 Å². The van der Waals surface area contributed by atoms with Gasteiger partial charge in [-0.25, -0.2) is 0 Å². The normalized spacial score (nSPS) is 12.2. The lowest BCUT2D eigenvalue weighted by atomic mass is 10.0. The Morgan fingerprint density at radius 2 is 0.439 bits per heavy atom. The second-order valence-electron chi connectivity index (χ2n) is 25.2. The molecule has 0 bridgehead atoms. The predicted molar refractivity (Wildman–Crippen MR) is 358 cm³/mol. The Morgan fingerprint density at radius 1 is 0.244 bits per heavy atom. The summed E-state index contributed by atoms with van der Waals surface area (Å²) in [5.74, 6) is -0.846. The first-order valence-electron chi connectivity index (χ1n) is 37.0. The van der Waals surface area contributed by atoms with Gasteiger partial charge in [0.2, 0.25) is 0 Å². The first-order valence-corrected chi connectivity index (χ1v) is 37.0. The fourth-order valence-electron chi connectivity index (χ4n) is 11.3. The Labute approximate surface area is 512 Å². The number of allylic oxidation sites excluding steroid dienone is 6. The monoisotopic (exact) mass is 1150 g/mol. The van der Waals surface area contributed by atoms with Crippen LogP contribution in [0, 0.1) is 0 Å². The Kier molecular flexibility index (Phi) is 69.1. The summed E-state index contributed by atoms with van der Waals surface area (Å²) in [5, 5.41) is 0. The minimum Gasteiger partial charge on any atom is -0.462 e. The summed E-state index contributed by atoms with van der Waals surface area (Å²) in [7, 11) is 0. The summed E-state index contributed by atoms with van der Waals surface area (Å²) in [5.41, 5.74) is 0. The first kappa shape index (κ1) is 79.6. The van der Waals surface area contributed by atoms with Crippen molar-refractivity contribution in [2.75, 3.05) is 13.2 Å². The third-order valence-electron chi connectivity index (χ3n) is 16.9. The predicted octanol–water partition coefficient (Wildman–Crippen LogP) is 25.5. The number of carbonyl (C=O) groups is 3. The van der Waals surface area contributed by atoms with Gasteiger partial charge < -0.3 is 14.2 Å². The molecule has 0 heterocycles. The minimum atomic E-state index is -0.772. The fourth-order valence-corrected chi connectivity index (χ4v) is 11.3. The van der Waals surface area contributed by atoms with E-state index < -0.39 is 6.10 Å². The summed E-state index contributed by atoms with van der Waals surface area (Å²) in [6.45, 7) is 6.68. The highest BCUT2D eigenvalue weighted by atomic mass is 16.6. The molecule has 0 radical (unpaired) electrons. The molecule has 1 unspecified atom stereocenters. The second-order valence-corrected chi connectivity index (χ2v) is 25.2. The van der Waals surface area contributed by atoms with Crippen molar-refractivity contribution in [3.05, 3.63) is 36.5 Å². The van der Waals surface area contributed by atoms with E-state index in [1.807, 2.05) is 0 Å². The number of ether oxygens (including phenoxy) is 3. The van der Waals surface area contributed by atoms with Gasteiger partial charge in [0, 0.05) is 19.3 Å². The highest BCUT2D eigenvalue weighted by Gasteiger charge is 2.19. The molecular formula is C76H142O6. The highest BCUT2D eigenvalue weighted by molar-refractivity contribution is 5.71. The van der Waals surface area contributed by atoms with Gasteiger partial charge in [-0.3, -0.25) is 14.4 Å². The van der Waals surface area contributed by atoms with E-state index in [1.54, 1.807) is 0 Å². The fraction of sp³-hybridized carbons (Fsp3) is 0.882. The molecule has 0 aliphatic heterocycles. The van der Waals surface area contributed by atoms with Gasteiger partial charge in [-0.05, 0) is 77.0 Å². The van der Waals surface area contributed by atoms with E-state index >= 15 is 0 Å². The van der Waals surface area contributed by atoms with E-state index in [0.29, 0.717) is 19.3 Å². The summed E-state index contributed by atoms with van der Waals surface area (Å²) >= 11 is 0. The molecule has 482 valence electrons. The van der Waals surface area contributed by atoms with Crippen LogP contribution in [0.3, 0.4) is 0 Å². The molecule has 0 aromatic carbocycles. The Morgan fingerprint density at radius 3 is 0.707 bits per heavy atom. The van der Waals surface area contributed by atoms with E-state index in [0.717, 1.165) is 70.6 Å². The zero-order chi connectivity index (χ0) is 59.2. The summed E-state index contributed by atoms with van der Waals surface area (Å²) in [6.07, 6.45) is 89.1. The molecule has 6 heteroatoms. The van der Waals surface area contributed by atoms with Crippen LogP contribution in [0.2, 0.25) is 0 Å². The average molecular weight is 1150 g/mol. The smallest absolute Gasteiger partial charge is 0.306 e. The van der Waals surface area contributed by atoms with E-state index in [9.17, 15) is 14.4 Å². The molecule has 0 aromatic heterocycles. The number of unbranched alkanes of at least 4 members (excludes halogenated alkanes) is 52. The van der Waals surface area contributed by atoms with Gasteiger partial charge in [0.25, 0.3) is 0 Å². The molecule has 0 aromatic rings. The lowest BCUT2D eigenvalue weighted by Crippen LogP contribution is -2.30. The molecule has 0 aliphatic rings.